The Morgan fingerprint density at radius 3 is 2.70 bits per heavy atom. The van der Waals surface area contributed by atoms with Gasteiger partial charge in [0.15, 0.2) is 0 Å². The number of anilines is 1. The topological polar surface area (TPSA) is 51.7 Å². The summed E-state index contributed by atoms with van der Waals surface area (Å²) >= 11 is 0. The van der Waals surface area contributed by atoms with Crippen LogP contribution in [0.15, 0.2) is 24.3 Å². The molecule has 5 heteroatoms. The van der Waals surface area contributed by atoms with Gasteiger partial charge in [-0.1, -0.05) is 0 Å². The Kier molecular flexibility index (Phi) is 5.21. The molecule has 2 rings (SSSR count). The lowest BCUT2D eigenvalue weighted by atomic mass is 10.0. The van der Waals surface area contributed by atoms with Crippen LogP contribution < -0.4 is 9.64 Å². The van der Waals surface area contributed by atoms with Crippen LogP contribution in [-0.2, 0) is 9.53 Å². The average Bonchev–Trinajstić information content (AvgIpc) is 2.51. The first-order valence-corrected chi connectivity index (χ1v) is 7.48. The molecule has 0 atom stereocenters. The summed E-state index contributed by atoms with van der Waals surface area (Å²) in [6.45, 7) is 4.09. The monoisotopic (exact) mass is 314 g/mol. The molecule has 0 aliphatic heterocycles. The highest BCUT2D eigenvalue weighted by atomic mass is 16.5. The van der Waals surface area contributed by atoms with Crippen molar-refractivity contribution in [1.29, 1.82) is 0 Å². The van der Waals surface area contributed by atoms with Crippen molar-refractivity contribution >= 4 is 28.6 Å². The van der Waals surface area contributed by atoms with Crippen molar-refractivity contribution < 1.29 is 14.3 Å². The lowest BCUT2D eigenvalue weighted by Crippen LogP contribution is -2.10. The van der Waals surface area contributed by atoms with Gasteiger partial charge in [-0.2, -0.15) is 0 Å². The Bertz CT molecular complexity index is 752. The van der Waals surface area contributed by atoms with Crippen LogP contribution in [0.5, 0.6) is 5.75 Å². The standard InChI is InChI=1S/C18H22N2O3/c1-6-23-17(21)10-7-13-16(22-5)9-8-14-18(13)15(20(3)4)11-12(2)19-14/h7-11H,6H2,1-5H3/b10-7+. The summed E-state index contributed by atoms with van der Waals surface area (Å²) in [6.07, 6.45) is 3.14. The van der Waals surface area contributed by atoms with Crippen molar-refractivity contribution in [3.05, 3.63) is 35.5 Å². The first-order chi connectivity index (χ1) is 11.0. The van der Waals surface area contributed by atoms with Gasteiger partial charge in [-0.05, 0) is 38.1 Å². The molecule has 5 nitrogen and oxygen atoms in total. The molecular formula is C18H22N2O3. The van der Waals surface area contributed by atoms with E-state index in [1.165, 1.54) is 6.08 Å². The maximum Gasteiger partial charge on any atom is 0.330 e. The van der Waals surface area contributed by atoms with Crippen LogP contribution in [0.4, 0.5) is 5.69 Å². The van der Waals surface area contributed by atoms with Crippen molar-refractivity contribution in [3.63, 3.8) is 0 Å². The van der Waals surface area contributed by atoms with Crippen LogP contribution in [0.2, 0.25) is 0 Å². The number of carbonyl (C=O) groups is 1. The van der Waals surface area contributed by atoms with Gasteiger partial charge < -0.3 is 14.4 Å². The van der Waals surface area contributed by atoms with Crippen molar-refractivity contribution in [2.24, 2.45) is 0 Å². The summed E-state index contributed by atoms with van der Waals surface area (Å²) in [6, 6.07) is 5.80. The number of methoxy groups -OCH3 is 1. The van der Waals surface area contributed by atoms with E-state index in [1.54, 1.807) is 20.1 Å². The number of ether oxygens (including phenoxy) is 2. The second-order valence-corrected chi connectivity index (χ2v) is 5.34. The number of benzene rings is 1. The molecule has 1 heterocycles. The van der Waals surface area contributed by atoms with E-state index in [4.69, 9.17) is 9.47 Å². The Labute approximate surface area is 136 Å². The summed E-state index contributed by atoms with van der Waals surface area (Å²) in [7, 11) is 5.57. The molecule has 0 fully saturated rings. The summed E-state index contributed by atoms with van der Waals surface area (Å²) < 4.78 is 10.4. The first kappa shape index (κ1) is 16.8. The second-order valence-electron chi connectivity index (χ2n) is 5.34. The molecule has 0 amide bonds. The normalized spacial score (nSPS) is 11.0. The van der Waals surface area contributed by atoms with Gasteiger partial charge in [-0.3, -0.25) is 4.98 Å². The third-order valence-electron chi connectivity index (χ3n) is 3.46. The fraction of sp³-hybridized carbons (Fsp3) is 0.333. The maximum atomic E-state index is 11.6. The number of carbonyl (C=O) groups excluding carboxylic acids is 1. The van der Waals surface area contributed by atoms with Gasteiger partial charge in [0.25, 0.3) is 0 Å². The lowest BCUT2D eigenvalue weighted by Gasteiger charge is -2.19. The number of hydrogen-bond acceptors (Lipinski definition) is 5. The molecule has 1 aromatic carbocycles. The minimum Gasteiger partial charge on any atom is -0.496 e. The second kappa shape index (κ2) is 7.13. The number of aryl methyl sites for hydroxylation is 1. The van der Waals surface area contributed by atoms with Crippen molar-refractivity contribution in [1.82, 2.24) is 4.98 Å². The van der Waals surface area contributed by atoms with E-state index in [0.29, 0.717) is 12.4 Å². The van der Waals surface area contributed by atoms with Crippen LogP contribution in [0.3, 0.4) is 0 Å². The SMILES string of the molecule is CCOC(=O)/C=C/c1c(OC)ccc2nc(C)cc(N(C)C)c12. The predicted octanol–water partition coefficient (Wildman–Crippen LogP) is 3.19. The summed E-state index contributed by atoms with van der Waals surface area (Å²) in [5.74, 6) is 0.310. The average molecular weight is 314 g/mol. The van der Waals surface area contributed by atoms with Gasteiger partial charge in [0.05, 0.1) is 19.2 Å². The van der Waals surface area contributed by atoms with Crippen molar-refractivity contribution in [2.75, 3.05) is 32.7 Å². The Morgan fingerprint density at radius 2 is 2.09 bits per heavy atom. The van der Waals surface area contributed by atoms with Crippen LogP contribution in [0.25, 0.3) is 17.0 Å². The smallest absolute Gasteiger partial charge is 0.330 e. The van der Waals surface area contributed by atoms with E-state index >= 15 is 0 Å². The van der Waals surface area contributed by atoms with E-state index in [2.05, 4.69) is 4.98 Å². The number of rotatable bonds is 5. The van der Waals surface area contributed by atoms with Gasteiger partial charge in [0.2, 0.25) is 0 Å². The number of nitrogens with zero attached hydrogens (tertiary/aromatic N) is 2. The van der Waals surface area contributed by atoms with E-state index < -0.39 is 0 Å². The molecule has 0 N–H and O–H groups in total. The van der Waals surface area contributed by atoms with Gasteiger partial charge in [-0.15, -0.1) is 0 Å². The highest BCUT2D eigenvalue weighted by Crippen LogP contribution is 2.35. The number of pyridine rings is 1. The zero-order valence-electron chi connectivity index (χ0n) is 14.2. The number of hydrogen-bond donors (Lipinski definition) is 0. The minimum atomic E-state index is -0.377. The zero-order chi connectivity index (χ0) is 17.0. The molecule has 0 radical (unpaired) electrons. The number of fused-ring (bicyclic) bond motifs is 1. The summed E-state index contributed by atoms with van der Waals surface area (Å²) in [5.41, 5.74) is 3.63. The van der Waals surface area contributed by atoms with E-state index in [1.807, 2.05) is 44.1 Å². The molecule has 0 aliphatic carbocycles. The zero-order valence-corrected chi connectivity index (χ0v) is 14.2. The highest BCUT2D eigenvalue weighted by molar-refractivity contribution is 6.02. The minimum absolute atomic E-state index is 0.347. The number of aromatic nitrogens is 1. The van der Waals surface area contributed by atoms with Gasteiger partial charge in [-0.25, -0.2) is 4.79 Å². The molecule has 0 saturated carbocycles. The van der Waals surface area contributed by atoms with E-state index in [9.17, 15) is 4.79 Å². The molecule has 1 aromatic heterocycles. The molecule has 122 valence electrons. The Hall–Kier alpha value is -2.56. The van der Waals surface area contributed by atoms with Gasteiger partial charge in [0.1, 0.15) is 5.75 Å². The molecule has 0 spiro atoms. The molecule has 2 aromatic rings. The highest BCUT2D eigenvalue weighted by Gasteiger charge is 2.13. The molecule has 0 saturated heterocycles. The molecule has 0 aliphatic rings. The van der Waals surface area contributed by atoms with E-state index in [0.717, 1.165) is 27.8 Å². The van der Waals surface area contributed by atoms with Crippen LogP contribution in [0, 0.1) is 6.92 Å². The quantitative estimate of drug-likeness (QED) is 0.626. The number of esters is 1. The Balaban J connectivity index is 2.71. The first-order valence-electron chi connectivity index (χ1n) is 7.48. The van der Waals surface area contributed by atoms with Crippen molar-refractivity contribution in [2.45, 2.75) is 13.8 Å². The fourth-order valence-electron chi connectivity index (χ4n) is 2.48. The van der Waals surface area contributed by atoms with Crippen LogP contribution in [-0.4, -0.2) is 38.8 Å². The van der Waals surface area contributed by atoms with Crippen molar-refractivity contribution in [3.8, 4) is 5.75 Å². The molecular weight excluding hydrogens is 292 g/mol. The van der Waals surface area contributed by atoms with Gasteiger partial charge in [0, 0.05) is 42.5 Å². The molecule has 0 bridgehead atoms. The largest absolute Gasteiger partial charge is 0.496 e. The summed E-state index contributed by atoms with van der Waals surface area (Å²) in [4.78, 5) is 18.3. The van der Waals surface area contributed by atoms with Crippen LogP contribution in [0.1, 0.15) is 18.2 Å². The third kappa shape index (κ3) is 3.62. The van der Waals surface area contributed by atoms with Crippen LogP contribution >= 0.6 is 0 Å². The Morgan fingerprint density at radius 1 is 1.35 bits per heavy atom. The molecule has 0 unspecified atom stereocenters. The fourth-order valence-corrected chi connectivity index (χ4v) is 2.48. The maximum absolute atomic E-state index is 11.6. The third-order valence-corrected chi connectivity index (χ3v) is 3.46. The van der Waals surface area contributed by atoms with E-state index in [-0.39, 0.29) is 5.97 Å². The predicted molar refractivity (Wildman–Crippen MR) is 93.0 cm³/mol. The summed E-state index contributed by atoms with van der Waals surface area (Å²) in [5, 5.41) is 0.945. The lowest BCUT2D eigenvalue weighted by molar-refractivity contribution is -0.137. The van der Waals surface area contributed by atoms with Gasteiger partial charge >= 0.3 is 5.97 Å². The molecule has 23 heavy (non-hydrogen) atoms.